The third kappa shape index (κ3) is 9.76. The maximum atomic E-state index is 2.29. The number of fused-ring (bicyclic) bond motifs is 1. The molecule has 0 bridgehead atoms. The fraction of sp³-hybridized carbons (Fsp3) is 0.438. The SMILES string of the molecule is CCCc1cc2ccccc2[cH-]1.CC[Si]CC.[Br-].[Br-].[Zr+3]. The van der Waals surface area contributed by atoms with Crippen LogP contribution in [0.4, 0.5) is 0 Å². The van der Waals surface area contributed by atoms with Crippen molar-refractivity contribution >= 4 is 20.3 Å². The van der Waals surface area contributed by atoms with Gasteiger partial charge in [0.25, 0.3) is 0 Å². The molecule has 0 nitrogen and oxygen atoms in total. The second-order valence-corrected chi connectivity index (χ2v) is 6.11. The molecule has 20 heavy (non-hydrogen) atoms. The summed E-state index contributed by atoms with van der Waals surface area (Å²) in [6, 6.07) is 15.9. The maximum Gasteiger partial charge on any atom is 3.00 e. The standard InChI is InChI=1S/C12H13.C4H10Si.2BrH.Zr/c1-2-5-10-8-11-6-3-4-7-12(11)9-10;1-3-5-4-2;;;/h3-4,6-9H,2,5H2,1H3;3-4H2,1-2H3;2*1H;/q-1;;;;+3/p-2. The van der Waals surface area contributed by atoms with Gasteiger partial charge in [0.2, 0.25) is 0 Å². The molecule has 4 heteroatoms. The fourth-order valence-corrected chi connectivity index (χ4v) is 2.40. The molecule has 0 aliphatic carbocycles. The number of hydrogen-bond acceptors (Lipinski definition) is 0. The van der Waals surface area contributed by atoms with Gasteiger partial charge < -0.3 is 34.0 Å². The van der Waals surface area contributed by atoms with Gasteiger partial charge in [0, 0.05) is 9.52 Å². The molecular weight excluding hydrogens is 471 g/mol. The molecule has 0 heterocycles. The monoisotopic (exact) mass is 491 g/mol. The van der Waals surface area contributed by atoms with Crippen LogP contribution in [0.15, 0.2) is 36.4 Å². The van der Waals surface area contributed by atoms with E-state index in [2.05, 4.69) is 57.2 Å². The van der Waals surface area contributed by atoms with E-state index in [4.69, 9.17) is 0 Å². The molecule has 0 aromatic heterocycles. The van der Waals surface area contributed by atoms with Crippen molar-refractivity contribution in [1.29, 1.82) is 0 Å². The van der Waals surface area contributed by atoms with E-state index < -0.39 is 0 Å². The number of rotatable bonds is 4. The second-order valence-electron chi connectivity index (χ2n) is 4.20. The van der Waals surface area contributed by atoms with E-state index in [1.54, 1.807) is 0 Å². The summed E-state index contributed by atoms with van der Waals surface area (Å²) in [5.41, 5.74) is 1.47. The molecule has 0 unspecified atom stereocenters. The van der Waals surface area contributed by atoms with E-state index in [1.807, 2.05) is 0 Å². The van der Waals surface area contributed by atoms with Gasteiger partial charge in [-0.3, -0.25) is 0 Å². The summed E-state index contributed by atoms with van der Waals surface area (Å²) >= 11 is 0. The van der Waals surface area contributed by atoms with Crippen LogP contribution in [0.1, 0.15) is 32.8 Å². The van der Waals surface area contributed by atoms with Crippen molar-refractivity contribution < 1.29 is 60.2 Å². The Morgan fingerprint density at radius 1 is 1.00 bits per heavy atom. The molecule has 0 aliphatic heterocycles. The van der Waals surface area contributed by atoms with E-state index in [0.29, 0.717) is 0 Å². The van der Waals surface area contributed by atoms with Gasteiger partial charge in [-0.1, -0.05) is 45.3 Å². The predicted octanol–water partition coefficient (Wildman–Crippen LogP) is -0.916. The molecule has 109 valence electrons. The Balaban J connectivity index is -0.000000322. The zero-order valence-corrected chi connectivity index (χ0v) is 19.2. The van der Waals surface area contributed by atoms with E-state index in [9.17, 15) is 0 Å². The molecule has 2 aromatic rings. The minimum absolute atomic E-state index is 0. The van der Waals surface area contributed by atoms with Crippen molar-refractivity contribution in [3.8, 4) is 0 Å². The van der Waals surface area contributed by atoms with Gasteiger partial charge in [-0.2, -0.15) is 6.07 Å². The van der Waals surface area contributed by atoms with E-state index >= 15 is 0 Å². The minimum Gasteiger partial charge on any atom is -1.00 e. The Morgan fingerprint density at radius 3 is 2.05 bits per heavy atom. The van der Waals surface area contributed by atoms with Crippen molar-refractivity contribution in [3.05, 3.63) is 42.0 Å². The first-order valence-electron chi connectivity index (χ1n) is 6.66. The first-order valence-corrected chi connectivity index (χ1v) is 8.08. The van der Waals surface area contributed by atoms with Crippen LogP contribution in [0, 0.1) is 0 Å². The number of aryl methyl sites for hydroxylation is 1. The molecule has 0 fully saturated rings. The maximum absolute atomic E-state index is 2.29. The molecule has 0 amide bonds. The normalized spacial score (nSPS) is 8.55. The molecule has 0 atom stereocenters. The van der Waals surface area contributed by atoms with E-state index in [-0.39, 0.29) is 60.2 Å². The Bertz CT molecular complexity index is 394. The van der Waals surface area contributed by atoms with Gasteiger partial charge in [-0.15, -0.1) is 40.6 Å². The second kappa shape index (κ2) is 16.3. The average Bonchev–Trinajstić information content (AvgIpc) is 2.73. The smallest absolute Gasteiger partial charge is 1.00 e. The summed E-state index contributed by atoms with van der Waals surface area (Å²) in [7, 11) is 1.20. The molecule has 0 N–H and O–H groups in total. The molecule has 2 aromatic carbocycles. The summed E-state index contributed by atoms with van der Waals surface area (Å²) in [6.07, 6.45) is 2.44. The van der Waals surface area contributed by atoms with E-state index in [1.165, 1.54) is 50.8 Å². The van der Waals surface area contributed by atoms with Gasteiger partial charge in [0.15, 0.2) is 0 Å². The van der Waals surface area contributed by atoms with Crippen LogP contribution in [0.25, 0.3) is 10.8 Å². The fourth-order valence-electron chi connectivity index (χ4n) is 1.90. The third-order valence-corrected chi connectivity index (χ3v) is 3.72. The summed E-state index contributed by atoms with van der Waals surface area (Å²) < 4.78 is 0. The van der Waals surface area contributed by atoms with Crippen LogP contribution in [0.5, 0.6) is 0 Å². The van der Waals surface area contributed by atoms with Crippen LogP contribution >= 0.6 is 0 Å². The Morgan fingerprint density at radius 2 is 1.60 bits per heavy atom. The number of benzene rings is 1. The number of halogens is 2. The third-order valence-electron chi connectivity index (χ3n) is 2.72. The van der Waals surface area contributed by atoms with Crippen molar-refractivity contribution in [1.82, 2.24) is 0 Å². The molecule has 2 rings (SSSR count). The summed E-state index contributed by atoms with van der Waals surface area (Å²) in [5.74, 6) is 0. The van der Waals surface area contributed by atoms with Gasteiger partial charge in [0.1, 0.15) is 0 Å². The van der Waals surface area contributed by atoms with Gasteiger partial charge >= 0.3 is 26.2 Å². The first kappa shape index (κ1) is 25.8. The molecule has 0 spiro atoms. The summed E-state index contributed by atoms with van der Waals surface area (Å²) in [6.45, 7) is 6.67. The van der Waals surface area contributed by atoms with Crippen molar-refractivity contribution in [2.75, 3.05) is 0 Å². The topological polar surface area (TPSA) is 0 Å². The Hall–Kier alpha value is 0.890. The van der Waals surface area contributed by atoms with E-state index in [0.717, 1.165) is 0 Å². The Labute approximate surface area is 167 Å². The van der Waals surface area contributed by atoms with Crippen molar-refractivity contribution in [3.63, 3.8) is 0 Å². The van der Waals surface area contributed by atoms with Crippen LogP contribution in [0.3, 0.4) is 0 Å². The van der Waals surface area contributed by atoms with Gasteiger partial charge in [-0.05, 0) is 6.42 Å². The molecule has 0 aliphatic rings. The quantitative estimate of drug-likeness (QED) is 0.382. The van der Waals surface area contributed by atoms with Crippen molar-refractivity contribution in [2.45, 2.75) is 45.7 Å². The van der Waals surface area contributed by atoms with Crippen LogP contribution < -0.4 is 34.0 Å². The van der Waals surface area contributed by atoms with Gasteiger partial charge in [-0.25, -0.2) is 0 Å². The molecule has 0 saturated heterocycles. The largest absolute Gasteiger partial charge is 3.00 e. The molecule has 0 saturated carbocycles. The zero-order valence-electron chi connectivity index (χ0n) is 12.5. The zero-order chi connectivity index (χ0) is 12.5. The Kier molecular flexibility index (Phi) is 21.0. The first-order chi connectivity index (χ1) is 8.31. The van der Waals surface area contributed by atoms with Crippen LogP contribution in [0.2, 0.25) is 12.1 Å². The molecular formula is C16H23Br2SiZr. The minimum atomic E-state index is 0. The summed E-state index contributed by atoms with van der Waals surface area (Å²) in [4.78, 5) is 0. The van der Waals surface area contributed by atoms with Crippen LogP contribution in [-0.4, -0.2) is 9.52 Å². The average molecular weight is 494 g/mol. The molecule has 3 radical (unpaired) electrons. The predicted molar refractivity (Wildman–Crippen MR) is 80.3 cm³/mol. The number of hydrogen-bond donors (Lipinski definition) is 0. The van der Waals surface area contributed by atoms with Gasteiger partial charge in [0.05, 0.1) is 0 Å². The van der Waals surface area contributed by atoms with Crippen LogP contribution in [-0.2, 0) is 32.6 Å². The summed E-state index contributed by atoms with van der Waals surface area (Å²) in [5, 5.41) is 2.75. The van der Waals surface area contributed by atoms with Crippen molar-refractivity contribution in [2.24, 2.45) is 0 Å².